The van der Waals surface area contributed by atoms with Crippen LogP contribution >= 0.6 is 0 Å². The van der Waals surface area contributed by atoms with Gasteiger partial charge in [-0.3, -0.25) is 0 Å². The molecule has 1 aromatic heterocycles. The molecule has 2 aromatic rings. The van der Waals surface area contributed by atoms with E-state index in [0.717, 1.165) is 11.3 Å². The Morgan fingerprint density at radius 3 is 2.50 bits per heavy atom. The topological polar surface area (TPSA) is 41.8 Å². The van der Waals surface area contributed by atoms with Crippen LogP contribution in [0.15, 0.2) is 43.5 Å². The normalized spacial score (nSPS) is 9.00. The molecule has 0 aliphatic rings. The van der Waals surface area contributed by atoms with Crippen LogP contribution in [0, 0.1) is 0 Å². The fraction of sp³-hybridized carbons (Fsp3) is 0. The lowest BCUT2D eigenvalue weighted by molar-refractivity contribution is 1.47. The molecule has 0 saturated heterocycles. The van der Waals surface area contributed by atoms with Crippen LogP contribution in [0.25, 0.3) is 10.9 Å². The highest BCUT2D eigenvalue weighted by atomic mass is 14.8. The number of rotatable bonds is 0. The fourth-order valence-corrected chi connectivity index (χ4v) is 1.10. The number of nitrogen functional groups attached to an aromatic ring is 1. The lowest BCUT2D eigenvalue weighted by Crippen LogP contribution is -1.80. The first-order valence-corrected chi connectivity index (χ1v) is 3.69. The average Bonchev–Trinajstić information content (AvgIpc) is 2.48. The standard InChI is InChI=1S/C8H8N2.C2H4/c9-8-5-6-3-1-2-4-7(6)10-8;1-2/h1-5,10H,9H2;1-2H2. The van der Waals surface area contributed by atoms with Crippen molar-refractivity contribution in [2.75, 3.05) is 5.73 Å². The summed E-state index contributed by atoms with van der Waals surface area (Å²) >= 11 is 0. The largest absolute Gasteiger partial charge is 0.385 e. The van der Waals surface area contributed by atoms with Crippen molar-refractivity contribution in [3.8, 4) is 0 Å². The molecule has 3 N–H and O–H groups in total. The van der Waals surface area contributed by atoms with E-state index in [9.17, 15) is 0 Å². The summed E-state index contributed by atoms with van der Waals surface area (Å²) in [6.07, 6.45) is 0. The zero-order chi connectivity index (χ0) is 8.97. The third-order valence-corrected chi connectivity index (χ3v) is 1.55. The first kappa shape index (κ1) is 8.40. The van der Waals surface area contributed by atoms with Crippen molar-refractivity contribution in [3.05, 3.63) is 43.5 Å². The van der Waals surface area contributed by atoms with Crippen LogP contribution in [-0.4, -0.2) is 4.98 Å². The van der Waals surface area contributed by atoms with Crippen LogP contribution in [0.3, 0.4) is 0 Å². The number of aromatic amines is 1. The van der Waals surface area contributed by atoms with Gasteiger partial charge < -0.3 is 10.7 Å². The highest BCUT2D eigenvalue weighted by Crippen LogP contribution is 2.14. The van der Waals surface area contributed by atoms with Crippen molar-refractivity contribution in [1.29, 1.82) is 0 Å². The number of benzene rings is 1. The Morgan fingerprint density at radius 2 is 1.83 bits per heavy atom. The molecule has 0 spiro atoms. The van der Waals surface area contributed by atoms with E-state index >= 15 is 0 Å². The van der Waals surface area contributed by atoms with Gasteiger partial charge in [0.2, 0.25) is 0 Å². The minimum atomic E-state index is 0.723. The van der Waals surface area contributed by atoms with Crippen LogP contribution in [0.2, 0.25) is 0 Å². The number of nitrogens with one attached hydrogen (secondary N) is 1. The predicted molar refractivity (Wildman–Crippen MR) is 54.0 cm³/mol. The van der Waals surface area contributed by atoms with E-state index in [4.69, 9.17) is 5.73 Å². The zero-order valence-electron chi connectivity index (χ0n) is 6.88. The van der Waals surface area contributed by atoms with Gasteiger partial charge in [0.1, 0.15) is 5.82 Å². The maximum atomic E-state index is 5.54. The second-order valence-electron chi connectivity index (χ2n) is 2.31. The molecule has 2 nitrogen and oxygen atoms in total. The maximum Gasteiger partial charge on any atom is 0.101 e. The van der Waals surface area contributed by atoms with Crippen molar-refractivity contribution < 1.29 is 0 Å². The Morgan fingerprint density at radius 1 is 1.17 bits per heavy atom. The van der Waals surface area contributed by atoms with E-state index < -0.39 is 0 Å². The van der Waals surface area contributed by atoms with Crippen molar-refractivity contribution in [2.45, 2.75) is 0 Å². The second-order valence-corrected chi connectivity index (χ2v) is 2.31. The number of fused-ring (bicyclic) bond motifs is 1. The maximum absolute atomic E-state index is 5.54. The molecule has 62 valence electrons. The number of aromatic nitrogens is 1. The van der Waals surface area contributed by atoms with Gasteiger partial charge in [-0.2, -0.15) is 0 Å². The Balaban J connectivity index is 0.000000336. The van der Waals surface area contributed by atoms with E-state index in [0.29, 0.717) is 0 Å². The zero-order valence-corrected chi connectivity index (χ0v) is 6.88. The van der Waals surface area contributed by atoms with Crippen LogP contribution in [0.4, 0.5) is 5.82 Å². The molecule has 0 atom stereocenters. The average molecular weight is 160 g/mol. The van der Waals surface area contributed by atoms with E-state index in [1.165, 1.54) is 5.39 Å². The number of hydrogen-bond donors (Lipinski definition) is 2. The van der Waals surface area contributed by atoms with Gasteiger partial charge >= 0.3 is 0 Å². The van der Waals surface area contributed by atoms with Gasteiger partial charge in [0, 0.05) is 10.9 Å². The highest BCUT2D eigenvalue weighted by Gasteiger charge is 1.92. The van der Waals surface area contributed by atoms with E-state index in [-0.39, 0.29) is 0 Å². The molecule has 2 rings (SSSR count). The van der Waals surface area contributed by atoms with Crippen LogP contribution in [-0.2, 0) is 0 Å². The van der Waals surface area contributed by atoms with E-state index in [1.807, 2.05) is 30.3 Å². The molecule has 0 unspecified atom stereocenters. The molecule has 0 saturated carbocycles. The molecular weight excluding hydrogens is 148 g/mol. The summed E-state index contributed by atoms with van der Waals surface area (Å²) in [5.41, 5.74) is 6.63. The lowest BCUT2D eigenvalue weighted by Gasteiger charge is -1.83. The van der Waals surface area contributed by atoms with E-state index in [2.05, 4.69) is 18.1 Å². The number of H-pyrrole nitrogens is 1. The van der Waals surface area contributed by atoms with Gasteiger partial charge in [0.05, 0.1) is 0 Å². The van der Waals surface area contributed by atoms with Crippen molar-refractivity contribution >= 4 is 16.7 Å². The Labute approximate surface area is 71.7 Å². The molecule has 1 heterocycles. The van der Waals surface area contributed by atoms with Gasteiger partial charge in [-0.25, -0.2) is 0 Å². The summed E-state index contributed by atoms with van der Waals surface area (Å²) in [6.45, 7) is 6.00. The molecule has 12 heavy (non-hydrogen) atoms. The van der Waals surface area contributed by atoms with Gasteiger partial charge in [-0.15, -0.1) is 13.2 Å². The third-order valence-electron chi connectivity index (χ3n) is 1.55. The first-order valence-electron chi connectivity index (χ1n) is 3.69. The first-order chi connectivity index (χ1) is 5.86. The predicted octanol–water partition coefficient (Wildman–Crippen LogP) is 2.55. The van der Waals surface area contributed by atoms with Crippen LogP contribution in [0.1, 0.15) is 0 Å². The summed E-state index contributed by atoms with van der Waals surface area (Å²) in [5.74, 6) is 0.723. The van der Waals surface area contributed by atoms with Crippen molar-refractivity contribution in [1.82, 2.24) is 4.98 Å². The number of anilines is 1. The summed E-state index contributed by atoms with van der Waals surface area (Å²) in [7, 11) is 0. The minimum absolute atomic E-state index is 0.723. The summed E-state index contributed by atoms with van der Waals surface area (Å²) in [5, 5.41) is 1.17. The Bertz CT molecular complexity index is 330. The molecule has 1 aromatic carbocycles. The molecule has 2 heteroatoms. The molecule has 0 aliphatic heterocycles. The van der Waals surface area contributed by atoms with Crippen LogP contribution in [0.5, 0.6) is 0 Å². The number of nitrogens with two attached hydrogens (primary N) is 1. The number of hydrogen-bond acceptors (Lipinski definition) is 1. The fourth-order valence-electron chi connectivity index (χ4n) is 1.10. The SMILES string of the molecule is C=C.Nc1cc2ccccc2[nH]1. The van der Waals surface area contributed by atoms with Gasteiger partial charge in [-0.05, 0) is 12.1 Å². The summed E-state index contributed by atoms with van der Waals surface area (Å²) in [4.78, 5) is 3.04. The monoisotopic (exact) mass is 160 g/mol. The number of para-hydroxylation sites is 1. The summed E-state index contributed by atoms with van der Waals surface area (Å²) in [6, 6.07) is 9.94. The van der Waals surface area contributed by atoms with Gasteiger partial charge in [-0.1, -0.05) is 18.2 Å². The Kier molecular flexibility index (Phi) is 2.53. The van der Waals surface area contributed by atoms with Gasteiger partial charge in [0.15, 0.2) is 0 Å². The van der Waals surface area contributed by atoms with Gasteiger partial charge in [0.25, 0.3) is 0 Å². The smallest absolute Gasteiger partial charge is 0.101 e. The quantitative estimate of drug-likeness (QED) is 0.571. The molecule has 0 amide bonds. The molecule has 0 bridgehead atoms. The summed E-state index contributed by atoms with van der Waals surface area (Å²) < 4.78 is 0. The Hall–Kier alpha value is -1.70. The van der Waals surface area contributed by atoms with Crippen molar-refractivity contribution in [3.63, 3.8) is 0 Å². The van der Waals surface area contributed by atoms with Crippen LogP contribution < -0.4 is 5.73 Å². The second kappa shape index (κ2) is 3.62. The third kappa shape index (κ3) is 1.48. The minimum Gasteiger partial charge on any atom is -0.385 e. The molecule has 0 radical (unpaired) electrons. The lowest BCUT2D eigenvalue weighted by atomic mass is 10.3. The van der Waals surface area contributed by atoms with Crippen molar-refractivity contribution in [2.24, 2.45) is 0 Å². The van der Waals surface area contributed by atoms with E-state index in [1.54, 1.807) is 0 Å². The highest BCUT2D eigenvalue weighted by molar-refractivity contribution is 5.82. The molecule has 0 fully saturated rings. The molecule has 0 aliphatic carbocycles. The molecular formula is C10H12N2.